The number of ketones is 2. The predicted molar refractivity (Wildman–Crippen MR) is 84.9 cm³/mol. The fraction of sp³-hybridized carbons (Fsp3) is 0.556. The highest BCUT2D eigenvalue weighted by Crippen LogP contribution is 2.39. The van der Waals surface area contributed by atoms with Crippen molar-refractivity contribution in [3.05, 3.63) is 28.8 Å². The van der Waals surface area contributed by atoms with Gasteiger partial charge in [-0.25, -0.2) is 0 Å². The van der Waals surface area contributed by atoms with Crippen LogP contribution >= 0.6 is 0 Å². The summed E-state index contributed by atoms with van der Waals surface area (Å²) < 4.78 is 0. The van der Waals surface area contributed by atoms with E-state index in [4.69, 9.17) is 0 Å². The summed E-state index contributed by atoms with van der Waals surface area (Å²) in [6.45, 7) is 13.4. The maximum Gasteiger partial charge on any atom is 0.202 e. The van der Waals surface area contributed by atoms with Crippen LogP contribution in [0, 0.1) is 0 Å². The molecule has 116 valence electrons. The molecule has 0 aromatic heterocycles. The van der Waals surface area contributed by atoms with Gasteiger partial charge in [-0.05, 0) is 27.5 Å². The van der Waals surface area contributed by atoms with Crippen LogP contribution in [0.25, 0.3) is 0 Å². The summed E-state index contributed by atoms with van der Waals surface area (Å²) in [7, 11) is 0. The molecule has 21 heavy (non-hydrogen) atoms. The van der Waals surface area contributed by atoms with Crippen LogP contribution < -0.4 is 0 Å². The number of benzene rings is 1. The number of phenols is 1. The maximum absolute atomic E-state index is 11.7. The first-order valence-electron chi connectivity index (χ1n) is 7.24. The number of hydrogen-bond acceptors (Lipinski definition) is 3. The molecule has 0 unspecified atom stereocenters. The van der Waals surface area contributed by atoms with E-state index in [9.17, 15) is 14.7 Å². The molecule has 0 aliphatic heterocycles. The third-order valence-electron chi connectivity index (χ3n) is 3.54. The Hall–Kier alpha value is -1.64. The largest absolute Gasteiger partial charge is 0.507 e. The molecule has 0 heterocycles. The molecule has 1 N–H and O–H groups in total. The van der Waals surface area contributed by atoms with Gasteiger partial charge in [0.15, 0.2) is 5.78 Å². The predicted octanol–water partition coefficient (Wildman–Crippen LogP) is 3.69. The second kappa shape index (κ2) is 5.63. The molecule has 0 aliphatic carbocycles. The average molecular weight is 290 g/mol. The monoisotopic (exact) mass is 290 g/mol. The number of phenolic OH excluding ortho intramolecular Hbond substituents is 1. The normalized spacial score (nSPS) is 12.3. The Morgan fingerprint density at radius 2 is 1.33 bits per heavy atom. The summed E-state index contributed by atoms with van der Waals surface area (Å²) in [5.74, 6) is -0.549. The summed E-state index contributed by atoms with van der Waals surface area (Å²) in [5, 5.41) is 10.6. The third-order valence-corrected chi connectivity index (χ3v) is 3.54. The molecule has 1 aromatic carbocycles. The van der Waals surface area contributed by atoms with Crippen LogP contribution in [0.15, 0.2) is 12.1 Å². The molecule has 0 saturated carbocycles. The van der Waals surface area contributed by atoms with Gasteiger partial charge in [0.2, 0.25) is 5.78 Å². The summed E-state index contributed by atoms with van der Waals surface area (Å²) in [4.78, 5) is 22.9. The lowest BCUT2D eigenvalue weighted by Crippen LogP contribution is -2.19. The zero-order chi connectivity index (χ0) is 16.6. The molecule has 3 heteroatoms. The van der Waals surface area contributed by atoms with E-state index in [1.165, 1.54) is 6.92 Å². The van der Waals surface area contributed by atoms with Crippen molar-refractivity contribution in [3.63, 3.8) is 0 Å². The highest BCUT2D eigenvalue weighted by atomic mass is 16.3. The molecule has 0 fully saturated rings. The fourth-order valence-electron chi connectivity index (χ4n) is 2.25. The van der Waals surface area contributed by atoms with Crippen molar-refractivity contribution in [2.45, 2.75) is 65.7 Å². The van der Waals surface area contributed by atoms with E-state index in [1.807, 2.05) is 53.7 Å². The van der Waals surface area contributed by atoms with E-state index >= 15 is 0 Å². The minimum atomic E-state index is -0.433. The minimum absolute atomic E-state index is 0.0851. The lowest BCUT2D eigenvalue weighted by atomic mass is 9.78. The van der Waals surface area contributed by atoms with E-state index < -0.39 is 11.6 Å². The number of carbonyl (C=O) groups is 2. The average Bonchev–Trinajstić information content (AvgIpc) is 2.27. The van der Waals surface area contributed by atoms with E-state index in [-0.39, 0.29) is 23.0 Å². The fourth-order valence-corrected chi connectivity index (χ4v) is 2.25. The molecule has 0 amide bonds. The van der Waals surface area contributed by atoms with Gasteiger partial charge in [0, 0.05) is 13.3 Å². The summed E-state index contributed by atoms with van der Waals surface area (Å²) in [5.41, 5.74) is 1.92. The van der Waals surface area contributed by atoms with Crippen molar-refractivity contribution >= 4 is 11.6 Å². The summed E-state index contributed by atoms with van der Waals surface area (Å²) in [6.07, 6.45) is 0.0851. The molecular weight excluding hydrogens is 264 g/mol. The Labute approximate surface area is 127 Å². The van der Waals surface area contributed by atoms with Crippen LogP contribution in [0.1, 0.15) is 65.2 Å². The molecule has 0 spiro atoms. The maximum atomic E-state index is 11.7. The van der Waals surface area contributed by atoms with Gasteiger partial charge in [0.1, 0.15) is 5.75 Å². The van der Waals surface area contributed by atoms with Gasteiger partial charge in [-0.1, -0.05) is 53.7 Å². The zero-order valence-electron chi connectivity index (χ0n) is 14.1. The van der Waals surface area contributed by atoms with Gasteiger partial charge in [-0.2, -0.15) is 0 Å². The number of hydrogen-bond donors (Lipinski definition) is 1. The standard InChI is InChI=1S/C18H26O3/c1-11(19)15(20)10-12-8-13(17(2,3)4)16(21)14(9-12)18(5,6)7/h8-9,21H,10H2,1-7H3. The first-order valence-corrected chi connectivity index (χ1v) is 7.24. The van der Waals surface area contributed by atoms with Crippen LogP contribution in [-0.4, -0.2) is 16.7 Å². The van der Waals surface area contributed by atoms with Gasteiger partial charge in [0.05, 0.1) is 0 Å². The van der Waals surface area contributed by atoms with Crippen LogP contribution in [0.4, 0.5) is 0 Å². The Kier molecular flexibility index (Phi) is 4.66. The van der Waals surface area contributed by atoms with Gasteiger partial charge in [-0.3, -0.25) is 9.59 Å². The van der Waals surface area contributed by atoms with E-state index in [1.54, 1.807) is 0 Å². The second-order valence-electron chi connectivity index (χ2n) is 7.70. The smallest absolute Gasteiger partial charge is 0.202 e. The Morgan fingerprint density at radius 1 is 0.952 bits per heavy atom. The number of aromatic hydroxyl groups is 1. The van der Waals surface area contributed by atoms with Crippen molar-refractivity contribution in [2.75, 3.05) is 0 Å². The highest BCUT2D eigenvalue weighted by molar-refractivity contribution is 6.36. The van der Waals surface area contributed by atoms with Crippen LogP contribution in [0.3, 0.4) is 0 Å². The minimum Gasteiger partial charge on any atom is -0.507 e. The van der Waals surface area contributed by atoms with Crippen molar-refractivity contribution in [3.8, 4) is 5.75 Å². The third kappa shape index (κ3) is 4.16. The summed E-state index contributed by atoms with van der Waals surface area (Å²) in [6, 6.07) is 3.68. The van der Waals surface area contributed by atoms with Crippen LogP contribution in [-0.2, 0) is 26.8 Å². The molecular formula is C18H26O3. The molecule has 0 bridgehead atoms. The topological polar surface area (TPSA) is 54.4 Å². The van der Waals surface area contributed by atoms with Crippen LogP contribution in [0.2, 0.25) is 0 Å². The van der Waals surface area contributed by atoms with Gasteiger partial charge in [-0.15, -0.1) is 0 Å². The molecule has 0 saturated heterocycles. The Morgan fingerprint density at radius 3 is 1.62 bits per heavy atom. The van der Waals surface area contributed by atoms with Gasteiger partial charge in [0.25, 0.3) is 0 Å². The van der Waals surface area contributed by atoms with E-state index in [2.05, 4.69) is 0 Å². The number of Topliss-reactive ketones (excluding diaryl/α,β-unsaturated/α-hetero) is 2. The lowest BCUT2D eigenvalue weighted by molar-refractivity contribution is -0.134. The number of carbonyl (C=O) groups excluding carboxylic acids is 2. The molecule has 0 atom stereocenters. The van der Waals surface area contributed by atoms with E-state index in [0.717, 1.165) is 16.7 Å². The molecule has 0 aliphatic rings. The first kappa shape index (κ1) is 17.4. The zero-order valence-corrected chi connectivity index (χ0v) is 14.1. The van der Waals surface area contributed by atoms with Crippen molar-refractivity contribution in [1.29, 1.82) is 0 Å². The lowest BCUT2D eigenvalue weighted by Gasteiger charge is -2.28. The quantitative estimate of drug-likeness (QED) is 0.864. The SMILES string of the molecule is CC(=O)C(=O)Cc1cc(C(C)(C)C)c(O)c(C(C)(C)C)c1. The molecule has 1 aromatic rings. The van der Waals surface area contributed by atoms with Crippen molar-refractivity contribution in [2.24, 2.45) is 0 Å². The first-order chi connectivity index (χ1) is 9.34. The van der Waals surface area contributed by atoms with E-state index in [0.29, 0.717) is 0 Å². The molecule has 0 radical (unpaired) electrons. The number of rotatable bonds is 3. The highest BCUT2D eigenvalue weighted by Gasteiger charge is 2.27. The van der Waals surface area contributed by atoms with Gasteiger partial charge >= 0.3 is 0 Å². The second-order valence-corrected chi connectivity index (χ2v) is 7.70. The van der Waals surface area contributed by atoms with Gasteiger partial charge < -0.3 is 5.11 Å². The molecule has 3 nitrogen and oxygen atoms in total. The summed E-state index contributed by atoms with van der Waals surface area (Å²) >= 11 is 0. The Bertz CT molecular complexity index is 534. The van der Waals surface area contributed by atoms with Crippen LogP contribution in [0.5, 0.6) is 5.75 Å². The van der Waals surface area contributed by atoms with Crippen molar-refractivity contribution < 1.29 is 14.7 Å². The Balaban J connectivity index is 3.48. The molecule has 1 rings (SSSR count). The van der Waals surface area contributed by atoms with Crippen molar-refractivity contribution in [1.82, 2.24) is 0 Å².